The van der Waals surface area contributed by atoms with E-state index in [1.165, 1.54) is 12.1 Å². The first-order valence-electron chi connectivity index (χ1n) is 6.79. The van der Waals surface area contributed by atoms with Crippen LogP contribution in [-0.2, 0) is 9.53 Å². The van der Waals surface area contributed by atoms with Gasteiger partial charge in [0.1, 0.15) is 5.56 Å². The van der Waals surface area contributed by atoms with Crippen molar-refractivity contribution in [2.75, 3.05) is 6.61 Å². The van der Waals surface area contributed by atoms with Crippen molar-refractivity contribution < 1.29 is 19.2 Å². The molecule has 1 aromatic rings. The van der Waals surface area contributed by atoms with Gasteiger partial charge in [-0.1, -0.05) is 11.6 Å². The van der Waals surface area contributed by atoms with Crippen LogP contribution in [0.15, 0.2) is 18.2 Å². The molecule has 0 saturated heterocycles. The number of ether oxygens (including phenoxy) is 1. The maximum absolute atomic E-state index is 11.9. The van der Waals surface area contributed by atoms with E-state index in [4.69, 9.17) is 16.3 Å². The van der Waals surface area contributed by atoms with Gasteiger partial charge in [-0.2, -0.15) is 0 Å². The Hall–Kier alpha value is -2.15. The van der Waals surface area contributed by atoms with E-state index in [2.05, 4.69) is 5.32 Å². The zero-order valence-corrected chi connectivity index (χ0v) is 12.6. The Balaban J connectivity index is 1.94. The maximum atomic E-state index is 11.9. The summed E-state index contributed by atoms with van der Waals surface area (Å²) in [6, 6.07) is 3.65. The summed E-state index contributed by atoms with van der Waals surface area (Å²) in [4.78, 5) is 33.7. The molecule has 8 heteroatoms. The van der Waals surface area contributed by atoms with Crippen LogP contribution >= 0.6 is 11.6 Å². The maximum Gasteiger partial charge on any atom is 0.345 e. The first-order chi connectivity index (χ1) is 10.4. The van der Waals surface area contributed by atoms with Crippen molar-refractivity contribution in [3.05, 3.63) is 38.9 Å². The Labute approximate surface area is 131 Å². The standard InChI is InChI=1S/C14H15ClN2O5/c1-8(9-2-3-9)16-13(18)7-22-14(19)11-5-4-10(15)6-12(11)17(20)21/h4-6,8-9H,2-3,7H2,1H3,(H,16,18)/t8-/m0/s1. The molecule has 2 rings (SSSR count). The lowest BCUT2D eigenvalue weighted by atomic mass is 10.2. The van der Waals surface area contributed by atoms with E-state index < -0.39 is 29.1 Å². The Bertz CT molecular complexity index is 615. The van der Waals surface area contributed by atoms with Crippen molar-refractivity contribution in [3.8, 4) is 0 Å². The van der Waals surface area contributed by atoms with Crippen molar-refractivity contribution >= 4 is 29.2 Å². The van der Waals surface area contributed by atoms with Crippen LogP contribution in [0.1, 0.15) is 30.1 Å². The van der Waals surface area contributed by atoms with Crippen LogP contribution in [-0.4, -0.2) is 29.4 Å². The summed E-state index contributed by atoms with van der Waals surface area (Å²) >= 11 is 5.67. The number of carbonyl (C=O) groups excluding carboxylic acids is 2. The third kappa shape index (κ3) is 4.17. The highest BCUT2D eigenvalue weighted by Gasteiger charge is 2.29. The Morgan fingerprint density at radius 1 is 1.50 bits per heavy atom. The summed E-state index contributed by atoms with van der Waals surface area (Å²) in [5.41, 5.74) is -0.693. The average molecular weight is 327 g/mol. The zero-order chi connectivity index (χ0) is 16.3. The molecule has 0 spiro atoms. The summed E-state index contributed by atoms with van der Waals surface area (Å²) in [6.45, 7) is 1.41. The normalized spacial score (nSPS) is 15.0. The van der Waals surface area contributed by atoms with Gasteiger partial charge in [0.15, 0.2) is 6.61 Å². The van der Waals surface area contributed by atoms with Gasteiger partial charge < -0.3 is 10.1 Å². The molecule has 1 N–H and O–H groups in total. The molecule has 1 aromatic carbocycles. The number of hydrogen-bond donors (Lipinski definition) is 1. The summed E-state index contributed by atoms with van der Waals surface area (Å²) in [5.74, 6) is -0.876. The van der Waals surface area contributed by atoms with E-state index in [0.29, 0.717) is 5.92 Å². The van der Waals surface area contributed by atoms with Crippen molar-refractivity contribution in [1.29, 1.82) is 0 Å². The molecule has 0 heterocycles. The molecule has 1 aliphatic rings. The molecule has 1 fully saturated rings. The lowest BCUT2D eigenvalue weighted by Crippen LogP contribution is -2.37. The highest BCUT2D eigenvalue weighted by molar-refractivity contribution is 6.31. The number of amides is 1. The minimum Gasteiger partial charge on any atom is -0.452 e. The molecule has 1 aliphatic carbocycles. The topological polar surface area (TPSA) is 98.5 Å². The van der Waals surface area contributed by atoms with Crippen LogP contribution in [0, 0.1) is 16.0 Å². The van der Waals surface area contributed by atoms with Crippen LogP contribution in [0.25, 0.3) is 0 Å². The zero-order valence-electron chi connectivity index (χ0n) is 11.9. The number of nitro groups is 1. The molecule has 118 valence electrons. The summed E-state index contributed by atoms with van der Waals surface area (Å²) in [7, 11) is 0. The quantitative estimate of drug-likeness (QED) is 0.491. The van der Waals surface area contributed by atoms with Gasteiger partial charge in [-0.25, -0.2) is 4.79 Å². The van der Waals surface area contributed by atoms with Gasteiger partial charge in [-0.15, -0.1) is 0 Å². The molecule has 7 nitrogen and oxygen atoms in total. The van der Waals surface area contributed by atoms with E-state index in [1.54, 1.807) is 0 Å². The van der Waals surface area contributed by atoms with Gasteiger partial charge in [-0.3, -0.25) is 14.9 Å². The SMILES string of the molecule is C[C@H](NC(=O)COC(=O)c1ccc(Cl)cc1[N+](=O)[O-])C1CC1. The smallest absolute Gasteiger partial charge is 0.345 e. The van der Waals surface area contributed by atoms with E-state index in [0.717, 1.165) is 18.9 Å². The lowest BCUT2D eigenvalue weighted by Gasteiger charge is -2.12. The molecule has 22 heavy (non-hydrogen) atoms. The fourth-order valence-electron chi connectivity index (χ4n) is 2.05. The number of nitro benzene ring substituents is 1. The highest BCUT2D eigenvalue weighted by Crippen LogP contribution is 2.32. The molecule has 0 aromatic heterocycles. The number of carbonyl (C=O) groups is 2. The summed E-state index contributed by atoms with van der Waals surface area (Å²) < 4.78 is 4.82. The molecule has 1 amide bonds. The van der Waals surface area contributed by atoms with Crippen LogP contribution in [0.4, 0.5) is 5.69 Å². The molecule has 0 unspecified atom stereocenters. The number of nitrogens with zero attached hydrogens (tertiary/aromatic N) is 1. The minimum absolute atomic E-state index is 0.0380. The fourth-order valence-corrected chi connectivity index (χ4v) is 2.21. The second-order valence-corrected chi connectivity index (χ2v) is 5.62. The van der Waals surface area contributed by atoms with Crippen LogP contribution in [0.3, 0.4) is 0 Å². The number of benzene rings is 1. The van der Waals surface area contributed by atoms with Gasteiger partial charge in [0.2, 0.25) is 0 Å². The van der Waals surface area contributed by atoms with Crippen LogP contribution in [0.5, 0.6) is 0 Å². The van der Waals surface area contributed by atoms with Crippen LogP contribution in [0.2, 0.25) is 5.02 Å². The monoisotopic (exact) mass is 326 g/mol. The number of rotatable bonds is 6. The van der Waals surface area contributed by atoms with Gasteiger partial charge in [-0.05, 0) is 37.8 Å². The van der Waals surface area contributed by atoms with Gasteiger partial charge in [0.25, 0.3) is 11.6 Å². The largest absolute Gasteiger partial charge is 0.452 e. The molecular weight excluding hydrogens is 312 g/mol. The van der Waals surface area contributed by atoms with E-state index in [1.807, 2.05) is 6.92 Å². The predicted octanol–water partition coefficient (Wildman–Crippen LogP) is 2.32. The molecule has 1 saturated carbocycles. The van der Waals surface area contributed by atoms with Gasteiger partial charge >= 0.3 is 5.97 Å². The third-order valence-corrected chi connectivity index (χ3v) is 3.66. The average Bonchev–Trinajstić information content (AvgIpc) is 3.29. The summed E-state index contributed by atoms with van der Waals surface area (Å²) in [5, 5.41) is 13.8. The minimum atomic E-state index is -0.933. The molecule has 1 atom stereocenters. The summed E-state index contributed by atoms with van der Waals surface area (Å²) in [6.07, 6.45) is 2.16. The Morgan fingerprint density at radius 3 is 2.77 bits per heavy atom. The second kappa shape index (κ2) is 6.74. The molecule has 0 aliphatic heterocycles. The second-order valence-electron chi connectivity index (χ2n) is 5.19. The number of halogens is 1. The Kier molecular flexibility index (Phi) is 4.97. The Morgan fingerprint density at radius 2 is 2.18 bits per heavy atom. The molecule has 0 bridgehead atoms. The molecular formula is C14H15ClN2O5. The van der Waals surface area contributed by atoms with E-state index >= 15 is 0 Å². The van der Waals surface area contributed by atoms with Crippen molar-refractivity contribution in [2.24, 2.45) is 5.92 Å². The first-order valence-corrected chi connectivity index (χ1v) is 7.16. The van der Waals surface area contributed by atoms with Crippen molar-refractivity contribution in [1.82, 2.24) is 5.32 Å². The lowest BCUT2D eigenvalue weighted by molar-refractivity contribution is -0.385. The number of nitrogens with one attached hydrogen (secondary N) is 1. The first kappa shape index (κ1) is 16.2. The number of esters is 1. The molecule has 0 radical (unpaired) electrons. The number of hydrogen-bond acceptors (Lipinski definition) is 5. The van der Waals surface area contributed by atoms with Crippen LogP contribution < -0.4 is 5.32 Å². The van der Waals surface area contributed by atoms with Gasteiger partial charge in [0, 0.05) is 17.1 Å². The van der Waals surface area contributed by atoms with E-state index in [9.17, 15) is 19.7 Å². The van der Waals surface area contributed by atoms with Crippen molar-refractivity contribution in [3.63, 3.8) is 0 Å². The van der Waals surface area contributed by atoms with Crippen molar-refractivity contribution in [2.45, 2.75) is 25.8 Å². The highest BCUT2D eigenvalue weighted by atomic mass is 35.5. The predicted molar refractivity (Wildman–Crippen MR) is 78.7 cm³/mol. The van der Waals surface area contributed by atoms with Gasteiger partial charge in [0.05, 0.1) is 4.92 Å². The van der Waals surface area contributed by atoms with E-state index in [-0.39, 0.29) is 16.6 Å². The fraction of sp³-hybridized carbons (Fsp3) is 0.429. The third-order valence-electron chi connectivity index (χ3n) is 3.43.